The van der Waals surface area contributed by atoms with E-state index in [0.29, 0.717) is 23.0 Å². The number of amides is 4. The van der Waals surface area contributed by atoms with Crippen molar-refractivity contribution in [2.45, 2.75) is 310 Å². The zero-order chi connectivity index (χ0) is 98.2. The number of hydrogen-bond donors (Lipinski definition) is 4. The minimum absolute atomic E-state index is 0.459. The molecule has 12 rings (SSSR count). The Balaban J connectivity index is 0.000000209. The smallest absolute Gasteiger partial charge is 0.410 e. The van der Waals surface area contributed by atoms with Crippen molar-refractivity contribution >= 4 is 90.2 Å². The molecule has 0 aliphatic carbocycles. The van der Waals surface area contributed by atoms with Crippen LogP contribution in [0.2, 0.25) is 0 Å². The van der Waals surface area contributed by atoms with Crippen LogP contribution in [-0.4, -0.2) is 24.4 Å². The van der Waals surface area contributed by atoms with Crippen LogP contribution < -0.4 is 40.2 Å². The fourth-order valence-electron chi connectivity index (χ4n) is 17.3. The molecule has 0 aliphatic rings. The standard InChI is InChI=1S/C32H43NO2.C32H41NO2.C32H39NO2.C32H37NO2/c4*1-2-3-4-5-6-7-8-9-10-11-12-13-14-19-27-20-17-23-29(26-27)35-32(34)33-31-25-18-22-28-21-15-16-24-30(28)31/h15-18,20-26H,2-14,19H2,1H3,(H,33,34);7-8,15-18,20-26H,2-6,9-14,19H2,1H3,(H,33,34);4-5,7-8,15-18,20-26H,2-3,6,9-14,19H2,1H3,(H,33,34);2,4-5,7-8,15-18,20-26H,1,3,6,9-14,19H2,(H,33,34)/b;8-7+;2*5-4+,8-7+. The molecule has 4 N–H and O–H groups in total. The summed E-state index contributed by atoms with van der Waals surface area (Å²) in [7, 11) is 0. The number of carbonyl (C=O) groups excluding carboxylic acids is 4. The SMILES string of the molecule is C=CC/C=C/C/C=C/CCCCCCCc1cccc(OC(=O)Nc2cccc3ccccc23)c1.CCC/C=C/C/C=C/CCCCCCCc1cccc(OC(=O)Nc2cccc3ccccc23)c1.CCCCCC/C=C/CCCCCCCc1cccc(OC(=O)Nc2cccc3ccccc23)c1.CCCCCCCCCCCCCCCc1cccc(OC(=O)Nc2cccc3ccccc23)c1. The zero-order valence-electron chi connectivity index (χ0n) is 84.5. The minimum atomic E-state index is -0.472. The summed E-state index contributed by atoms with van der Waals surface area (Å²) in [4.78, 5) is 49.9. The first-order valence-electron chi connectivity index (χ1n) is 53.1. The molecule has 0 fully saturated rings. The van der Waals surface area contributed by atoms with Crippen molar-refractivity contribution in [2.75, 3.05) is 21.3 Å². The Labute approximate surface area is 839 Å². The van der Waals surface area contributed by atoms with Crippen LogP contribution in [-0.2, 0) is 25.7 Å². The number of ether oxygens (including phenoxy) is 4. The molecule has 0 aliphatic heterocycles. The quantitative estimate of drug-likeness (QED) is 0.0217. The second-order valence-electron chi connectivity index (χ2n) is 36.7. The Kier molecular flexibility index (Phi) is 56.0. The number of anilines is 4. The van der Waals surface area contributed by atoms with Gasteiger partial charge in [-0.05, 0) is 245 Å². The minimum Gasteiger partial charge on any atom is -0.410 e. The Bertz CT molecular complexity index is 5660. The number of allylic oxidation sites excluding steroid dienone is 11. The van der Waals surface area contributed by atoms with Crippen LogP contribution in [0.4, 0.5) is 41.9 Å². The summed E-state index contributed by atoms with van der Waals surface area (Å²) in [5.41, 5.74) is 7.87. The normalized spacial score (nSPS) is 11.2. The lowest BCUT2D eigenvalue weighted by Crippen LogP contribution is -2.17. The van der Waals surface area contributed by atoms with Crippen LogP contribution in [0.15, 0.2) is 340 Å². The van der Waals surface area contributed by atoms with E-state index in [2.05, 4.69) is 134 Å². The topological polar surface area (TPSA) is 153 Å². The van der Waals surface area contributed by atoms with Crippen LogP contribution in [0.1, 0.15) is 306 Å². The summed E-state index contributed by atoms with van der Waals surface area (Å²) in [5, 5.41) is 19.9. The summed E-state index contributed by atoms with van der Waals surface area (Å²) in [5.74, 6) is 2.33. The van der Waals surface area contributed by atoms with Gasteiger partial charge in [0, 0.05) is 21.5 Å². The molecule has 12 heteroatoms. The first-order chi connectivity index (χ1) is 69.0. The van der Waals surface area contributed by atoms with Crippen molar-refractivity contribution < 1.29 is 38.1 Å². The van der Waals surface area contributed by atoms with Crippen LogP contribution in [0.25, 0.3) is 43.1 Å². The zero-order valence-corrected chi connectivity index (χ0v) is 84.5. The van der Waals surface area contributed by atoms with Gasteiger partial charge in [0.25, 0.3) is 0 Å². The van der Waals surface area contributed by atoms with E-state index < -0.39 is 24.4 Å². The van der Waals surface area contributed by atoms with Gasteiger partial charge < -0.3 is 18.9 Å². The average molecular weight is 1880 g/mol. The molecule has 4 amide bonds. The van der Waals surface area contributed by atoms with Crippen LogP contribution in [0, 0.1) is 0 Å². The highest BCUT2D eigenvalue weighted by molar-refractivity contribution is 6.03. The second-order valence-corrected chi connectivity index (χ2v) is 36.7. The maximum absolute atomic E-state index is 12.5. The lowest BCUT2D eigenvalue weighted by Gasteiger charge is -2.10. The van der Waals surface area contributed by atoms with Gasteiger partial charge in [0.15, 0.2) is 0 Å². The van der Waals surface area contributed by atoms with E-state index in [-0.39, 0.29) is 0 Å². The lowest BCUT2D eigenvalue weighted by atomic mass is 10.0. The van der Waals surface area contributed by atoms with Gasteiger partial charge in [-0.25, -0.2) is 19.2 Å². The molecule has 0 aromatic heterocycles. The molecule has 0 spiro atoms. The van der Waals surface area contributed by atoms with E-state index in [1.807, 2.05) is 249 Å². The first-order valence-corrected chi connectivity index (χ1v) is 53.1. The molecule has 0 bridgehead atoms. The molecular formula is C128H160N4O8. The lowest BCUT2D eigenvalue weighted by molar-refractivity contribution is 0.214. The van der Waals surface area contributed by atoms with Gasteiger partial charge in [0.05, 0.1) is 22.7 Å². The Morgan fingerprint density at radius 3 is 0.707 bits per heavy atom. The third-order valence-electron chi connectivity index (χ3n) is 25.0. The maximum atomic E-state index is 12.5. The molecule has 0 saturated heterocycles. The van der Waals surface area contributed by atoms with Crippen LogP contribution >= 0.6 is 0 Å². The van der Waals surface area contributed by atoms with Gasteiger partial charge in [0.2, 0.25) is 0 Å². The predicted octanol–water partition coefficient (Wildman–Crippen LogP) is 39.0. The molecule has 0 saturated carbocycles. The summed E-state index contributed by atoms with van der Waals surface area (Å²) in [6.45, 7) is 10.5. The van der Waals surface area contributed by atoms with E-state index in [1.165, 1.54) is 247 Å². The number of aryl methyl sites for hydroxylation is 4. The summed E-state index contributed by atoms with van der Waals surface area (Å²) < 4.78 is 22.3. The van der Waals surface area contributed by atoms with E-state index in [9.17, 15) is 19.2 Å². The van der Waals surface area contributed by atoms with Gasteiger partial charge in [-0.15, -0.1) is 6.58 Å². The highest BCUT2D eigenvalue weighted by Gasteiger charge is 2.15. The summed E-state index contributed by atoms with van der Waals surface area (Å²) in [6.07, 6.45) is 78.9. The number of fused-ring (bicyclic) bond motifs is 4. The monoisotopic (exact) mass is 1880 g/mol. The number of hydrogen-bond acceptors (Lipinski definition) is 8. The van der Waals surface area contributed by atoms with Crippen molar-refractivity contribution in [3.8, 4) is 23.0 Å². The number of unbranched alkanes of at least 4 members (excludes halogenated alkanes) is 32. The average Bonchev–Trinajstić information content (AvgIpc) is 0.836. The van der Waals surface area contributed by atoms with E-state index in [4.69, 9.17) is 18.9 Å². The van der Waals surface area contributed by atoms with E-state index in [1.54, 1.807) is 0 Å². The molecule has 0 radical (unpaired) electrons. The van der Waals surface area contributed by atoms with E-state index in [0.717, 1.165) is 130 Å². The van der Waals surface area contributed by atoms with Gasteiger partial charge in [-0.1, -0.05) is 442 Å². The molecule has 140 heavy (non-hydrogen) atoms. The largest absolute Gasteiger partial charge is 0.417 e. The third kappa shape index (κ3) is 46.8. The molecule has 0 heterocycles. The Morgan fingerprint density at radius 1 is 0.221 bits per heavy atom. The molecule has 0 atom stereocenters. The maximum Gasteiger partial charge on any atom is 0.417 e. The van der Waals surface area contributed by atoms with Gasteiger partial charge in [-0.3, -0.25) is 21.3 Å². The molecule has 740 valence electrons. The fraction of sp³-hybridized carbons (Fsp3) is 0.375. The first kappa shape index (κ1) is 111. The van der Waals surface area contributed by atoms with Crippen molar-refractivity contribution in [3.63, 3.8) is 0 Å². The van der Waals surface area contributed by atoms with E-state index >= 15 is 0 Å². The molecular weight excluding hydrogens is 1720 g/mol. The summed E-state index contributed by atoms with van der Waals surface area (Å²) in [6, 6.07) is 86.9. The Morgan fingerprint density at radius 2 is 0.436 bits per heavy atom. The number of carbonyl (C=O) groups is 4. The highest BCUT2D eigenvalue weighted by Crippen LogP contribution is 2.31. The van der Waals surface area contributed by atoms with Gasteiger partial charge in [0.1, 0.15) is 23.0 Å². The van der Waals surface area contributed by atoms with Crippen LogP contribution in [0.5, 0.6) is 23.0 Å². The molecule has 12 aromatic carbocycles. The number of nitrogens with one attached hydrogen (secondary N) is 4. The number of benzene rings is 12. The van der Waals surface area contributed by atoms with Gasteiger partial charge >= 0.3 is 24.4 Å². The highest BCUT2D eigenvalue weighted by atomic mass is 16.6. The second kappa shape index (κ2) is 70.8. The molecule has 12 aromatic rings. The van der Waals surface area contributed by atoms with Gasteiger partial charge in [-0.2, -0.15) is 0 Å². The van der Waals surface area contributed by atoms with Crippen molar-refractivity contribution in [1.82, 2.24) is 0 Å². The van der Waals surface area contributed by atoms with Crippen LogP contribution in [0.3, 0.4) is 0 Å². The fourth-order valence-corrected chi connectivity index (χ4v) is 17.3. The number of rotatable bonds is 59. The molecule has 12 nitrogen and oxygen atoms in total. The van der Waals surface area contributed by atoms with Crippen molar-refractivity contribution in [2.24, 2.45) is 0 Å². The molecule has 0 unspecified atom stereocenters. The van der Waals surface area contributed by atoms with Crippen molar-refractivity contribution in [1.29, 1.82) is 0 Å². The third-order valence-corrected chi connectivity index (χ3v) is 25.0. The summed E-state index contributed by atoms with van der Waals surface area (Å²) >= 11 is 0. The predicted molar refractivity (Wildman–Crippen MR) is 597 cm³/mol. The van der Waals surface area contributed by atoms with Crippen molar-refractivity contribution in [3.05, 3.63) is 363 Å². The Hall–Kier alpha value is -12.8.